The lowest BCUT2D eigenvalue weighted by Gasteiger charge is -2.21. The predicted octanol–water partition coefficient (Wildman–Crippen LogP) is 3.75. The van der Waals surface area contributed by atoms with Crippen molar-refractivity contribution in [2.45, 2.75) is 12.6 Å². The average molecular weight is 457 g/mol. The zero-order chi connectivity index (χ0) is 23.5. The maximum atomic E-state index is 13.3. The van der Waals surface area contributed by atoms with Crippen LogP contribution in [0.1, 0.15) is 23.0 Å². The highest BCUT2D eigenvalue weighted by Gasteiger charge is 2.40. The molecule has 1 atom stereocenters. The van der Waals surface area contributed by atoms with Crippen molar-refractivity contribution in [3.8, 4) is 22.7 Å². The number of carbonyl (C=O) groups is 1. The summed E-state index contributed by atoms with van der Waals surface area (Å²) >= 11 is 0. The summed E-state index contributed by atoms with van der Waals surface area (Å²) in [7, 11) is 1.59. The van der Waals surface area contributed by atoms with Crippen LogP contribution in [0, 0.1) is 0 Å². The highest BCUT2D eigenvalue weighted by atomic mass is 17.1. The minimum absolute atomic E-state index is 0.312. The minimum Gasteiger partial charge on any atom is -0.497 e. The first-order valence-electron chi connectivity index (χ1n) is 10.7. The first-order chi connectivity index (χ1) is 16.6. The van der Waals surface area contributed by atoms with Gasteiger partial charge in [-0.3, -0.25) is 4.79 Å². The zero-order valence-electron chi connectivity index (χ0n) is 18.6. The van der Waals surface area contributed by atoms with E-state index in [0.29, 0.717) is 17.1 Å². The lowest BCUT2D eigenvalue weighted by atomic mass is 10.1. The van der Waals surface area contributed by atoms with E-state index in [0.717, 1.165) is 22.1 Å². The molecule has 34 heavy (non-hydrogen) atoms. The van der Waals surface area contributed by atoms with Gasteiger partial charge in [0, 0.05) is 11.1 Å². The van der Waals surface area contributed by atoms with Crippen LogP contribution in [0.25, 0.3) is 16.9 Å². The van der Waals surface area contributed by atoms with E-state index in [2.05, 4.69) is 16.0 Å². The van der Waals surface area contributed by atoms with Crippen molar-refractivity contribution in [3.63, 3.8) is 0 Å². The lowest BCUT2D eigenvalue weighted by molar-refractivity contribution is -0.350. The van der Waals surface area contributed by atoms with E-state index in [-0.39, 0.29) is 0 Å². The van der Waals surface area contributed by atoms with E-state index in [1.165, 1.54) is 0 Å². The van der Waals surface area contributed by atoms with Crippen molar-refractivity contribution in [1.82, 2.24) is 26.0 Å². The van der Waals surface area contributed by atoms with Crippen LogP contribution in [0.5, 0.6) is 5.75 Å². The monoisotopic (exact) mass is 457 g/mol. The molecule has 0 aliphatic carbocycles. The molecule has 2 N–H and O–H groups in total. The number of amides is 1. The van der Waals surface area contributed by atoms with E-state index in [1.54, 1.807) is 24.8 Å². The molecule has 1 amide bonds. The number of para-hydroxylation sites is 1. The molecule has 5 rings (SSSR count). The largest absolute Gasteiger partial charge is 0.497 e. The van der Waals surface area contributed by atoms with Gasteiger partial charge < -0.3 is 4.74 Å². The third-order valence-electron chi connectivity index (χ3n) is 5.41. The summed E-state index contributed by atoms with van der Waals surface area (Å²) in [6.07, 6.45) is 0. The van der Waals surface area contributed by atoms with E-state index in [4.69, 9.17) is 14.5 Å². The van der Waals surface area contributed by atoms with Gasteiger partial charge in [0.05, 0.1) is 23.8 Å². The number of benzene rings is 3. The number of aromatic nitrogens is 2. The number of hydroxylamine groups is 1. The molecule has 1 aliphatic heterocycles. The molecule has 0 radical (unpaired) electrons. The first kappa shape index (κ1) is 21.8. The number of ether oxygens (including phenoxy) is 1. The Kier molecular flexibility index (Phi) is 5.83. The fourth-order valence-corrected chi connectivity index (χ4v) is 3.61. The van der Waals surface area contributed by atoms with E-state index < -0.39 is 11.6 Å². The highest BCUT2D eigenvalue weighted by molar-refractivity contribution is 5.94. The second-order valence-electron chi connectivity index (χ2n) is 7.78. The summed E-state index contributed by atoms with van der Waals surface area (Å²) in [5, 5.41) is 5.56. The second-order valence-corrected chi connectivity index (χ2v) is 7.78. The molecule has 3 aromatic carbocycles. The number of hydrogen-bond acceptors (Lipinski definition) is 7. The molecule has 0 spiro atoms. The Morgan fingerprint density at radius 3 is 2.47 bits per heavy atom. The quantitative estimate of drug-likeness (QED) is 0.456. The molecule has 4 aromatic rings. The van der Waals surface area contributed by atoms with Gasteiger partial charge in [0.1, 0.15) is 11.4 Å². The standard InChI is InChI=1S/C25H23N5O4/c1-25(19-12-9-15-21(16-19)32-2)28-34-30(33-25)27-24(31)23-17-22(18-10-5-3-6-11-18)26-29(23)20-13-7-4-8-14-20/h3-17,28H,1-2H3,(H,27,31). The molecule has 1 unspecified atom stereocenters. The van der Waals surface area contributed by atoms with Gasteiger partial charge in [-0.1, -0.05) is 60.7 Å². The van der Waals surface area contributed by atoms with Gasteiger partial charge in [-0.2, -0.15) is 10.0 Å². The molecule has 0 bridgehead atoms. The fourth-order valence-electron chi connectivity index (χ4n) is 3.61. The van der Waals surface area contributed by atoms with Crippen molar-refractivity contribution >= 4 is 5.91 Å². The van der Waals surface area contributed by atoms with E-state index in [1.807, 2.05) is 84.9 Å². The van der Waals surface area contributed by atoms with Crippen molar-refractivity contribution in [1.29, 1.82) is 0 Å². The van der Waals surface area contributed by atoms with Gasteiger partial charge in [0.25, 0.3) is 5.91 Å². The molecule has 1 saturated heterocycles. The zero-order valence-corrected chi connectivity index (χ0v) is 18.6. The summed E-state index contributed by atoms with van der Waals surface area (Å²) in [4.78, 5) is 24.5. The fraction of sp³-hybridized carbons (Fsp3) is 0.120. The number of carbonyl (C=O) groups excluding carboxylic acids is 1. The third-order valence-corrected chi connectivity index (χ3v) is 5.41. The second kappa shape index (κ2) is 9.08. The Hall–Kier alpha value is -4.02. The van der Waals surface area contributed by atoms with Gasteiger partial charge >= 0.3 is 0 Å². The molecule has 2 heterocycles. The van der Waals surface area contributed by atoms with Crippen LogP contribution in [0.2, 0.25) is 0 Å². The minimum atomic E-state index is -1.04. The van der Waals surface area contributed by atoms with Crippen LogP contribution in [0.15, 0.2) is 91.0 Å². The van der Waals surface area contributed by atoms with Crippen molar-refractivity contribution < 1.29 is 19.3 Å². The summed E-state index contributed by atoms with van der Waals surface area (Å²) in [6.45, 7) is 1.77. The summed E-state index contributed by atoms with van der Waals surface area (Å²) < 4.78 is 6.87. The molecule has 1 aliphatic rings. The number of nitrogens with zero attached hydrogens (tertiary/aromatic N) is 3. The molecule has 0 saturated carbocycles. The van der Waals surface area contributed by atoms with Gasteiger partial charge in [-0.25, -0.2) is 14.9 Å². The highest BCUT2D eigenvalue weighted by Crippen LogP contribution is 2.30. The van der Waals surface area contributed by atoms with Crippen LogP contribution in [0.4, 0.5) is 0 Å². The number of rotatable bonds is 6. The van der Waals surface area contributed by atoms with E-state index >= 15 is 0 Å². The molecule has 9 heteroatoms. The Bertz CT molecular complexity index is 1300. The lowest BCUT2D eigenvalue weighted by Crippen LogP contribution is -2.40. The van der Waals surface area contributed by atoms with Crippen LogP contribution >= 0.6 is 0 Å². The first-order valence-corrected chi connectivity index (χ1v) is 10.7. The Morgan fingerprint density at radius 2 is 1.74 bits per heavy atom. The maximum Gasteiger partial charge on any atom is 0.288 e. The van der Waals surface area contributed by atoms with Gasteiger partial charge in [-0.15, -0.1) is 5.48 Å². The van der Waals surface area contributed by atoms with Crippen LogP contribution in [-0.2, 0) is 15.5 Å². The molecule has 1 aromatic heterocycles. The molecular formula is C25H23N5O4. The smallest absolute Gasteiger partial charge is 0.288 e. The third kappa shape index (κ3) is 4.28. The molecule has 172 valence electrons. The number of hydrogen-bond donors (Lipinski definition) is 2. The summed E-state index contributed by atoms with van der Waals surface area (Å²) in [6, 6.07) is 28.2. The topological polar surface area (TPSA) is 89.9 Å². The van der Waals surface area contributed by atoms with Crippen molar-refractivity contribution in [2.75, 3.05) is 7.11 Å². The Balaban J connectivity index is 1.40. The Morgan fingerprint density at radius 1 is 1.00 bits per heavy atom. The Labute approximate surface area is 196 Å². The molecular weight excluding hydrogens is 434 g/mol. The van der Waals surface area contributed by atoms with E-state index in [9.17, 15) is 4.79 Å². The normalized spacial score (nSPS) is 18.1. The van der Waals surface area contributed by atoms with Crippen LogP contribution in [0.3, 0.4) is 0 Å². The summed E-state index contributed by atoms with van der Waals surface area (Å²) in [5.74, 6) is 0.210. The number of nitrogens with one attached hydrogen (secondary N) is 2. The number of hydrazine groups is 1. The van der Waals surface area contributed by atoms with Gasteiger partial charge in [-0.05, 0) is 37.3 Å². The average Bonchev–Trinajstić information content (AvgIpc) is 3.50. The van der Waals surface area contributed by atoms with Crippen LogP contribution in [-0.4, -0.2) is 28.1 Å². The molecule has 9 nitrogen and oxygen atoms in total. The number of methoxy groups -OCH3 is 1. The SMILES string of the molecule is COc1cccc(C2(C)NON(NC(=O)c3cc(-c4ccccc4)nn3-c3ccccc3)O2)c1. The van der Waals surface area contributed by atoms with Gasteiger partial charge in [0.15, 0.2) is 5.72 Å². The predicted molar refractivity (Wildman–Crippen MR) is 124 cm³/mol. The van der Waals surface area contributed by atoms with Crippen molar-refractivity contribution in [2.24, 2.45) is 0 Å². The van der Waals surface area contributed by atoms with Crippen molar-refractivity contribution in [3.05, 3.63) is 102 Å². The maximum absolute atomic E-state index is 13.3. The van der Waals surface area contributed by atoms with Gasteiger partial charge in [0.2, 0.25) is 0 Å². The summed E-state index contributed by atoms with van der Waals surface area (Å²) in [5.41, 5.74) is 7.74. The van der Waals surface area contributed by atoms with Crippen LogP contribution < -0.4 is 15.6 Å². The molecule has 1 fully saturated rings.